The SMILES string of the molecule is Cc1cccc2cncc(C(=O)CCC(=O)O)c12. The third-order valence-electron chi connectivity index (χ3n) is 2.86. The second kappa shape index (κ2) is 4.96. The van der Waals surface area contributed by atoms with Crippen molar-refractivity contribution in [2.75, 3.05) is 0 Å². The number of carbonyl (C=O) groups is 2. The fourth-order valence-electron chi connectivity index (χ4n) is 1.99. The molecule has 0 fully saturated rings. The molecule has 1 aromatic heterocycles. The summed E-state index contributed by atoms with van der Waals surface area (Å²) < 4.78 is 0. The Bertz CT molecular complexity index is 614. The number of benzene rings is 1. The highest BCUT2D eigenvalue weighted by molar-refractivity contribution is 6.09. The molecule has 4 heteroatoms. The number of nitrogens with zero attached hydrogens (tertiary/aromatic N) is 1. The summed E-state index contributed by atoms with van der Waals surface area (Å²) in [5, 5.41) is 10.4. The van der Waals surface area contributed by atoms with E-state index in [1.165, 1.54) is 6.20 Å². The van der Waals surface area contributed by atoms with Crippen molar-refractivity contribution in [1.82, 2.24) is 4.98 Å². The number of carbonyl (C=O) groups excluding carboxylic acids is 1. The lowest BCUT2D eigenvalue weighted by molar-refractivity contribution is -0.136. The van der Waals surface area contributed by atoms with E-state index in [0.29, 0.717) is 5.56 Å². The number of carboxylic acids is 1. The quantitative estimate of drug-likeness (QED) is 0.838. The Kier molecular flexibility index (Phi) is 3.37. The maximum atomic E-state index is 12.0. The predicted molar refractivity (Wildman–Crippen MR) is 67.7 cm³/mol. The minimum atomic E-state index is -0.965. The van der Waals surface area contributed by atoms with E-state index >= 15 is 0 Å². The van der Waals surface area contributed by atoms with Crippen molar-refractivity contribution < 1.29 is 14.7 Å². The molecule has 0 aliphatic heterocycles. The molecule has 2 rings (SSSR count). The Labute approximate surface area is 104 Å². The first kappa shape index (κ1) is 12.2. The molecule has 1 N–H and O–H groups in total. The zero-order valence-electron chi connectivity index (χ0n) is 10.0. The van der Waals surface area contributed by atoms with E-state index in [1.807, 2.05) is 25.1 Å². The predicted octanol–water partition coefficient (Wildman–Crippen LogP) is 2.59. The van der Waals surface area contributed by atoms with Gasteiger partial charge in [0.1, 0.15) is 0 Å². The first-order valence-electron chi connectivity index (χ1n) is 5.68. The number of pyridine rings is 1. The highest BCUT2D eigenvalue weighted by Gasteiger charge is 2.13. The van der Waals surface area contributed by atoms with Crippen LogP contribution in [0, 0.1) is 6.92 Å². The molecule has 1 aromatic carbocycles. The van der Waals surface area contributed by atoms with Crippen molar-refractivity contribution in [1.29, 1.82) is 0 Å². The van der Waals surface area contributed by atoms with Crippen molar-refractivity contribution in [2.24, 2.45) is 0 Å². The molecule has 0 aliphatic rings. The molecular formula is C14H13NO3. The molecule has 0 radical (unpaired) electrons. The largest absolute Gasteiger partial charge is 0.481 e. The van der Waals surface area contributed by atoms with Crippen molar-refractivity contribution in [3.05, 3.63) is 41.7 Å². The number of rotatable bonds is 4. The van der Waals surface area contributed by atoms with Crippen LogP contribution in [0.25, 0.3) is 10.8 Å². The first-order chi connectivity index (χ1) is 8.59. The smallest absolute Gasteiger partial charge is 0.303 e. The maximum Gasteiger partial charge on any atom is 0.303 e. The number of aliphatic carboxylic acids is 1. The van der Waals surface area contributed by atoms with Crippen LogP contribution >= 0.6 is 0 Å². The Morgan fingerprint density at radius 3 is 2.72 bits per heavy atom. The molecule has 0 saturated heterocycles. The molecule has 0 aliphatic carbocycles. The van der Waals surface area contributed by atoms with Crippen LogP contribution in [0.3, 0.4) is 0 Å². The molecular weight excluding hydrogens is 230 g/mol. The Balaban J connectivity index is 2.44. The molecule has 18 heavy (non-hydrogen) atoms. The average molecular weight is 243 g/mol. The summed E-state index contributed by atoms with van der Waals surface area (Å²) >= 11 is 0. The fraction of sp³-hybridized carbons (Fsp3) is 0.214. The number of hydrogen-bond donors (Lipinski definition) is 1. The van der Waals surface area contributed by atoms with E-state index in [-0.39, 0.29) is 18.6 Å². The highest BCUT2D eigenvalue weighted by Crippen LogP contribution is 2.22. The summed E-state index contributed by atoms with van der Waals surface area (Å²) in [5.74, 6) is -1.14. The summed E-state index contributed by atoms with van der Waals surface area (Å²) in [4.78, 5) is 26.5. The molecule has 0 amide bonds. The molecule has 1 heterocycles. The lowest BCUT2D eigenvalue weighted by Gasteiger charge is -2.07. The number of fused-ring (bicyclic) bond motifs is 1. The number of hydrogen-bond acceptors (Lipinski definition) is 3. The zero-order valence-corrected chi connectivity index (χ0v) is 10.0. The molecule has 4 nitrogen and oxygen atoms in total. The Morgan fingerprint density at radius 2 is 2.00 bits per heavy atom. The number of Topliss-reactive ketones (excluding diaryl/α,β-unsaturated/α-hetero) is 1. The van der Waals surface area contributed by atoms with Crippen molar-refractivity contribution in [2.45, 2.75) is 19.8 Å². The highest BCUT2D eigenvalue weighted by atomic mass is 16.4. The normalized spacial score (nSPS) is 10.5. The van der Waals surface area contributed by atoms with Gasteiger partial charge in [0.25, 0.3) is 0 Å². The van der Waals surface area contributed by atoms with Crippen LogP contribution in [0.15, 0.2) is 30.6 Å². The van der Waals surface area contributed by atoms with Crippen LogP contribution in [0.5, 0.6) is 0 Å². The number of aromatic nitrogens is 1. The van der Waals surface area contributed by atoms with E-state index in [4.69, 9.17) is 5.11 Å². The van der Waals surface area contributed by atoms with Crippen LogP contribution in [0.2, 0.25) is 0 Å². The summed E-state index contributed by atoms with van der Waals surface area (Å²) in [6.45, 7) is 1.93. The minimum absolute atomic E-state index is 0.00443. The third kappa shape index (κ3) is 2.37. The van der Waals surface area contributed by atoms with Gasteiger partial charge in [-0.1, -0.05) is 18.2 Å². The monoisotopic (exact) mass is 243 g/mol. The van der Waals surface area contributed by atoms with Crippen molar-refractivity contribution in [3.8, 4) is 0 Å². The lowest BCUT2D eigenvalue weighted by Crippen LogP contribution is -2.05. The topological polar surface area (TPSA) is 67.3 Å². The summed E-state index contributed by atoms with van der Waals surface area (Å²) in [6, 6.07) is 5.73. The van der Waals surface area contributed by atoms with Gasteiger partial charge in [0.15, 0.2) is 5.78 Å². The van der Waals surface area contributed by atoms with Crippen molar-refractivity contribution >= 4 is 22.5 Å². The van der Waals surface area contributed by atoms with Crippen LogP contribution in [-0.2, 0) is 4.79 Å². The third-order valence-corrected chi connectivity index (χ3v) is 2.86. The molecule has 0 spiro atoms. The maximum absolute atomic E-state index is 12.0. The van der Waals surface area contributed by atoms with Gasteiger partial charge in [0.05, 0.1) is 6.42 Å². The number of aryl methyl sites for hydroxylation is 1. The summed E-state index contributed by atoms with van der Waals surface area (Å²) in [5.41, 5.74) is 1.50. The Hall–Kier alpha value is -2.23. The lowest BCUT2D eigenvalue weighted by atomic mass is 9.98. The van der Waals surface area contributed by atoms with E-state index < -0.39 is 5.97 Å². The van der Waals surface area contributed by atoms with E-state index in [1.54, 1.807) is 6.20 Å². The van der Waals surface area contributed by atoms with E-state index in [2.05, 4.69) is 4.98 Å². The molecule has 0 bridgehead atoms. The van der Waals surface area contributed by atoms with E-state index in [0.717, 1.165) is 16.3 Å². The van der Waals surface area contributed by atoms with Crippen LogP contribution in [0.1, 0.15) is 28.8 Å². The van der Waals surface area contributed by atoms with Gasteiger partial charge in [-0.2, -0.15) is 0 Å². The molecule has 92 valence electrons. The molecule has 0 unspecified atom stereocenters. The van der Waals surface area contributed by atoms with Gasteiger partial charge >= 0.3 is 5.97 Å². The van der Waals surface area contributed by atoms with Gasteiger partial charge in [0.2, 0.25) is 0 Å². The summed E-state index contributed by atoms with van der Waals surface area (Å²) in [7, 11) is 0. The molecule has 0 saturated carbocycles. The van der Waals surface area contributed by atoms with Gasteiger partial charge in [0, 0.05) is 29.8 Å². The van der Waals surface area contributed by atoms with Crippen molar-refractivity contribution in [3.63, 3.8) is 0 Å². The van der Waals surface area contributed by atoms with Crippen LogP contribution < -0.4 is 0 Å². The first-order valence-corrected chi connectivity index (χ1v) is 5.68. The Morgan fingerprint density at radius 1 is 1.22 bits per heavy atom. The van der Waals surface area contributed by atoms with Crippen LogP contribution in [0.4, 0.5) is 0 Å². The second-order valence-electron chi connectivity index (χ2n) is 4.18. The van der Waals surface area contributed by atoms with Gasteiger partial charge in [-0.3, -0.25) is 14.6 Å². The second-order valence-corrected chi connectivity index (χ2v) is 4.18. The molecule has 2 aromatic rings. The van der Waals surface area contributed by atoms with Gasteiger partial charge in [-0.05, 0) is 17.9 Å². The van der Waals surface area contributed by atoms with Gasteiger partial charge in [-0.15, -0.1) is 0 Å². The summed E-state index contributed by atoms with van der Waals surface area (Å²) in [6.07, 6.45) is 3.07. The van der Waals surface area contributed by atoms with Crippen LogP contribution in [-0.4, -0.2) is 21.8 Å². The standard InChI is InChI=1S/C14H13NO3/c1-9-3-2-4-10-7-15-8-11(14(9)10)12(16)5-6-13(17)18/h2-4,7-8H,5-6H2,1H3,(H,17,18). The zero-order chi connectivity index (χ0) is 13.1. The molecule has 0 atom stereocenters. The fourth-order valence-corrected chi connectivity index (χ4v) is 1.99. The van der Waals surface area contributed by atoms with Gasteiger partial charge in [-0.25, -0.2) is 0 Å². The van der Waals surface area contributed by atoms with Gasteiger partial charge < -0.3 is 5.11 Å². The minimum Gasteiger partial charge on any atom is -0.481 e. The van der Waals surface area contributed by atoms with E-state index in [9.17, 15) is 9.59 Å². The number of ketones is 1. The average Bonchev–Trinajstić information content (AvgIpc) is 2.35. The number of carboxylic acid groups (broad SMARTS) is 1.